The van der Waals surface area contributed by atoms with Gasteiger partial charge < -0.3 is 10.2 Å². The Labute approximate surface area is 133 Å². The van der Waals surface area contributed by atoms with Crippen molar-refractivity contribution >= 4 is 28.8 Å². The van der Waals surface area contributed by atoms with Crippen LogP contribution in [0.15, 0.2) is 47.2 Å². The molecule has 0 saturated carbocycles. The maximum atomic E-state index is 12.3. The number of anilines is 1. The Kier molecular flexibility index (Phi) is 4.53. The summed E-state index contributed by atoms with van der Waals surface area (Å²) < 4.78 is 0. The molecule has 0 spiro atoms. The van der Waals surface area contributed by atoms with Gasteiger partial charge in [-0.15, -0.1) is 0 Å². The number of benzene rings is 1. The molecule has 5 heteroatoms. The minimum absolute atomic E-state index is 0.0215. The van der Waals surface area contributed by atoms with E-state index in [1.54, 1.807) is 0 Å². The van der Waals surface area contributed by atoms with Crippen LogP contribution in [0.25, 0.3) is 0 Å². The van der Waals surface area contributed by atoms with E-state index in [-0.39, 0.29) is 17.7 Å². The largest absolute Gasteiger partial charge is 0.339 e. The lowest BCUT2D eigenvalue weighted by molar-refractivity contribution is -0.121. The summed E-state index contributed by atoms with van der Waals surface area (Å²) in [6, 6.07) is 11.3. The third kappa shape index (κ3) is 3.36. The predicted octanol–water partition coefficient (Wildman–Crippen LogP) is 3.24. The van der Waals surface area contributed by atoms with E-state index < -0.39 is 0 Å². The zero-order chi connectivity index (χ0) is 15.4. The van der Waals surface area contributed by atoms with Crippen LogP contribution in [0.3, 0.4) is 0 Å². The van der Waals surface area contributed by atoms with E-state index in [9.17, 15) is 9.59 Å². The molecule has 1 aromatic carbocycles. The second-order valence-electron chi connectivity index (χ2n) is 5.43. The van der Waals surface area contributed by atoms with Gasteiger partial charge in [0.05, 0.1) is 5.56 Å². The van der Waals surface area contributed by atoms with E-state index in [4.69, 9.17) is 0 Å². The molecular formula is C17H18N2O2S. The second kappa shape index (κ2) is 6.75. The van der Waals surface area contributed by atoms with Crippen LogP contribution in [-0.4, -0.2) is 29.8 Å². The number of amides is 2. The van der Waals surface area contributed by atoms with Gasteiger partial charge in [-0.3, -0.25) is 9.59 Å². The third-order valence-electron chi connectivity index (χ3n) is 3.96. The number of para-hydroxylation sites is 1. The highest BCUT2D eigenvalue weighted by Gasteiger charge is 2.27. The molecule has 1 aliphatic rings. The smallest absolute Gasteiger partial charge is 0.254 e. The molecule has 1 saturated heterocycles. The standard InChI is InChI=1S/C17H18N2O2S/c20-16(18-15-4-2-1-3-5-15)13-6-9-19(10-7-13)17(21)14-8-11-22-12-14/h1-5,8,11-13H,6-7,9-10H2,(H,18,20). The maximum Gasteiger partial charge on any atom is 0.254 e. The van der Waals surface area contributed by atoms with Crippen molar-refractivity contribution in [3.05, 3.63) is 52.7 Å². The van der Waals surface area contributed by atoms with Crippen LogP contribution in [0, 0.1) is 5.92 Å². The Morgan fingerprint density at radius 1 is 1.09 bits per heavy atom. The molecule has 2 aromatic rings. The highest BCUT2D eigenvalue weighted by Crippen LogP contribution is 2.21. The van der Waals surface area contributed by atoms with Crippen molar-refractivity contribution in [1.82, 2.24) is 4.90 Å². The van der Waals surface area contributed by atoms with Gasteiger partial charge in [0.15, 0.2) is 0 Å². The predicted molar refractivity (Wildman–Crippen MR) is 88.0 cm³/mol. The van der Waals surface area contributed by atoms with Gasteiger partial charge in [-0.1, -0.05) is 18.2 Å². The average molecular weight is 314 g/mol. The summed E-state index contributed by atoms with van der Waals surface area (Å²) in [4.78, 5) is 26.4. The van der Waals surface area contributed by atoms with Gasteiger partial charge in [-0.25, -0.2) is 0 Å². The molecule has 2 amide bonds. The first-order valence-electron chi connectivity index (χ1n) is 7.41. The molecule has 3 rings (SSSR count). The average Bonchev–Trinajstić information content (AvgIpc) is 3.10. The van der Waals surface area contributed by atoms with Crippen molar-refractivity contribution in [2.24, 2.45) is 5.92 Å². The molecule has 1 N–H and O–H groups in total. The zero-order valence-electron chi connectivity index (χ0n) is 12.2. The Morgan fingerprint density at radius 3 is 2.45 bits per heavy atom. The summed E-state index contributed by atoms with van der Waals surface area (Å²) in [6.07, 6.45) is 1.43. The summed E-state index contributed by atoms with van der Waals surface area (Å²) in [6.45, 7) is 1.28. The summed E-state index contributed by atoms with van der Waals surface area (Å²) in [5.41, 5.74) is 1.57. The van der Waals surface area contributed by atoms with Crippen molar-refractivity contribution < 1.29 is 9.59 Å². The van der Waals surface area contributed by atoms with Crippen LogP contribution < -0.4 is 5.32 Å². The molecular weight excluding hydrogens is 296 g/mol. The molecule has 4 nitrogen and oxygen atoms in total. The van der Waals surface area contributed by atoms with Gasteiger partial charge in [0.25, 0.3) is 5.91 Å². The summed E-state index contributed by atoms with van der Waals surface area (Å²) in [5.74, 6) is 0.101. The molecule has 22 heavy (non-hydrogen) atoms. The van der Waals surface area contributed by atoms with Gasteiger partial charge >= 0.3 is 0 Å². The van der Waals surface area contributed by atoms with E-state index in [0.29, 0.717) is 25.9 Å². The van der Waals surface area contributed by atoms with Gasteiger partial charge in [-0.05, 0) is 36.4 Å². The number of carbonyl (C=O) groups is 2. The maximum absolute atomic E-state index is 12.3. The molecule has 0 unspecified atom stereocenters. The lowest BCUT2D eigenvalue weighted by atomic mass is 9.95. The number of hydrogen-bond donors (Lipinski definition) is 1. The zero-order valence-corrected chi connectivity index (χ0v) is 13.0. The first kappa shape index (κ1) is 14.8. The Bertz CT molecular complexity index is 632. The Hall–Kier alpha value is -2.14. The van der Waals surface area contributed by atoms with Gasteiger partial charge in [0.2, 0.25) is 5.91 Å². The van der Waals surface area contributed by atoms with E-state index in [1.807, 2.05) is 52.1 Å². The van der Waals surface area contributed by atoms with Crippen LogP contribution in [-0.2, 0) is 4.79 Å². The summed E-state index contributed by atoms with van der Waals surface area (Å²) in [5, 5.41) is 6.72. The van der Waals surface area contributed by atoms with Crippen LogP contribution in [0.1, 0.15) is 23.2 Å². The quantitative estimate of drug-likeness (QED) is 0.945. The lowest BCUT2D eigenvalue weighted by Gasteiger charge is -2.31. The third-order valence-corrected chi connectivity index (χ3v) is 4.65. The molecule has 0 radical (unpaired) electrons. The van der Waals surface area contributed by atoms with Gasteiger partial charge in [-0.2, -0.15) is 11.3 Å². The SMILES string of the molecule is O=C(Nc1ccccc1)C1CCN(C(=O)c2ccsc2)CC1. The first-order valence-corrected chi connectivity index (χ1v) is 8.36. The van der Waals surface area contributed by atoms with Gasteiger partial charge in [0.1, 0.15) is 0 Å². The summed E-state index contributed by atoms with van der Waals surface area (Å²) >= 11 is 1.53. The van der Waals surface area contributed by atoms with Crippen molar-refractivity contribution in [2.75, 3.05) is 18.4 Å². The van der Waals surface area contributed by atoms with Crippen molar-refractivity contribution in [3.8, 4) is 0 Å². The number of carbonyl (C=O) groups excluding carboxylic acids is 2. The second-order valence-corrected chi connectivity index (χ2v) is 6.21. The highest BCUT2D eigenvalue weighted by molar-refractivity contribution is 7.08. The fourth-order valence-corrected chi connectivity index (χ4v) is 3.31. The molecule has 1 fully saturated rings. The summed E-state index contributed by atoms with van der Waals surface area (Å²) in [7, 11) is 0. The van der Waals surface area contributed by atoms with E-state index in [1.165, 1.54) is 11.3 Å². The number of rotatable bonds is 3. The highest BCUT2D eigenvalue weighted by atomic mass is 32.1. The number of piperidine rings is 1. The monoisotopic (exact) mass is 314 g/mol. The molecule has 1 aliphatic heterocycles. The fourth-order valence-electron chi connectivity index (χ4n) is 2.68. The minimum Gasteiger partial charge on any atom is -0.339 e. The van der Waals surface area contributed by atoms with Crippen LogP contribution in [0.2, 0.25) is 0 Å². The molecule has 2 heterocycles. The normalized spacial score (nSPS) is 15.5. The van der Waals surface area contributed by atoms with Gasteiger partial charge in [0, 0.05) is 30.1 Å². The van der Waals surface area contributed by atoms with Crippen molar-refractivity contribution in [2.45, 2.75) is 12.8 Å². The number of nitrogens with zero attached hydrogens (tertiary/aromatic N) is 1. The minimum atomic E-state index is -0.0215. The number of nitrogens with one attached hydrogen (secondary N) is 1. The molecule has 0 aliphatic carbocycles. The number of likely N-dealkylation sites (tertiary alicyclic amines) is 1. The Balaban J connectivity index is 1.53. The Morgan fingerprint density at radius 2 is 1.82 bits per heavy atom. The first-order chi connectivity index (χ1) is 10.7. The number of hydrogen-bond acceptors (Lipinski definition) is 3. The van der Waals surface area contributed by atoms with E-state index >= 15 is 0 Å². The fraction of sp³-hybridized carbons (Fsp3) is 0.294. The van der Waals surface area contributed by atoms with E-state index in [2.05, 4.69) is 5.32 Å². The molecule has 114 valence electrons. The van der Waals surface area contributed by atoms with Crippen LogP contribution in [0.5, 0.6) is 0 Å². The number of thiophene rings is 1. The van der Waals surface area contributed by atoms with Crippen LogP contribution >= 0.6 is 11.3 Å². The molecule has 0 bridgehead atoms. The van der Waals surface area contributed by atoms with Crippen molar-refractivity contribution in [3.63, 3.8) is 0 Å². The van der Waals surface area contributed by atoms with E-state index in [0.717, 1.165) is 11.3 Å². The molecule has 0 atom stereocenters. The lowest BCUT2D eigenvalue weighted by Crippen LogP contribution is -2.41. The topological polar surface area (TPSA) is 49.4 Å². The van der Waals surface area contributed by atoms with Crippen molar-refractivity contribution in [1.29, 1.82) is 0 Å². The van der Waals surface area contributed by atoms with Crippen LogP contribution in [0.4, 0.5) is 5.69 Å². The molecule has 1 aromatic heterocycles.